The van der Waals surface area contributed by atoms with E-state index in [1.807, 2.05) is 19.9 Å². The van der Waals surface area contributed by atoms with Crippen LogP contribution in [0.2, 0.25) is 0 Å². The molecule has 2 unspecified atom stereocenters. The van der Waals surface area contributed by atoms with Gasteiger partial charge in [0.05, 0.1) is 6.07 Å². The molecule has 0 spiro atoms. The highest BCUT2D eigenvalue weighted by Crippen LogP contribution is 2.22. The predicted octanol–water partition coefficient (Wildman–Crippen LogP) is 2.04. The summed E-state index contributed by atoms with van der Waals surface area (Å²) in [5.74, 6) is 1.13. The molecule has 3 heteroatoms. The highest BCUT2D eigenvalue weighted by Gasteiger charge is 2.28. The van der Waals surface area contributed by atoms with Gasteiger partial charge in [0.15, 0.2) is 0 Å². The smallest absolute Gasteiger partial charge is 0.236 e. The van der Waals surface area contributed by atoms with Crippen LogP contribution in [0.4, 0.5) is 0 Å². The molecule has 0 bridgehead atoms. The second-order valence-electron chi connectivity index (χ2n) is 3.59. The standard InChI is InChI=1S/C9H14N2O.C2H6/c1-7-5-11(6-8(7)2)9(12)3-4-10;1-2/h7-8H,3,5-6H2,1-2H3;1-2H3. The van der Waals surface area contributed by atoms with Gasteiger partial charge in [-0.2, -0.15) is 5.26 Å². The zero-order valence-corrected chi connectivity index (χ0v) is 9.58. The number of likely N-dealkylation sites (tertiary alicyclic amines) is 1. The van der Waals surface area contributed by atoms with Crippen molar-refractivity contribution in [3.63, 3.8) is 0 Å². The Balaban J connectivity index is 0.000000791. The molecule has 1 rings (SSSR count). The van der Waals surface area contributed by atoms with Gasteiger partial charge in [0.25, 0.3) is 0 Å². The van der Waals surface area contributed by atoms with E-state index in [4.69, 9.17) is 5.26 Å². The lowest BCUT2D eigenvalue weighted by atomic mass is 10.0. The van der Waals surface area contributed by atoms with Crippen molar-refractivity contribution in [1.82, 2.24) is 4.90 Å². The van der Waals surface area contributed by atoms with E-state index >= 15 is 0 Å². The summed E-state index contributed by atoms with van der Waals surface area (Å²) in [5, 5.41) is 8.33. The largest absolute Gasteiger partial charge is 0.341 e. The monoisotopic (exact) mass is 196 g/mol. The van der Waals surface area contributed by atoms with E-state index in [1.165, 1.54) is 0 Å². The molecule has 0 aliphatic carbocycles. The first-order chi connectivity index (χ1) is 6.65. The second kappa shape index (κ2) is 6.42. The summed E-state index contributed by atoms with van der Waals surface area (Å²) in [6.45, 7) is 9.93. The van der Waals surface area contributed by atoms with Crippen LogP contribution >= 0.6 is 0 Å². The van der Waals surface area contributed by atoms with Crippen molar-refractivity contribution >= 4 is 5.91 Å². The molecule has 3 nitrogen and oxygen atoms in total. The van der Waals surface area contributed by atoms with Crippen LogP contribution in [0.5, 0.6) is 0 Å². The number of nitriles is 1. The number of carbonyl (C=O) groups excluding carboxylic acids is 1. The van der Waals surface area contributed by atoms with Crippen molar-refractivity contribution in [2.45, 2.75) is 34.1 Å². The lowest BCUT2D eigenvalue weighted by Crippen LogP contribution is -2.28. The van der Waals surface area contributed by atoms with E-state index in [2.05, 4.69) is 13.8 Å². The maximum Gasteiger partial charge on any atom is 0.236 e. The summed E-state index contributed by atoms with van der Waals surface area (Å²) >= 11 is 0. The molecular weight excluding hydrogens is 176 g/mol. The van der Waals surface area contributed by atoms with Crippen LogP contribution in [0.1, 0.15) is 34.1 Å². The zero-order chi connectivity index (χ0) is 11.1. The molecular formula is C11H20N2O. The first-order valence-electron chi connectivity index (χ1n) is 5.30. The number of rotatable bonds is 1. The molecule has 1 aliphatic rings. The molecule has 0 aromatic carbocycles. The fourth-order valence-electron chi connectivity index (χ4n) is 1.51. The van der Waals surface area contributed by atoms with E-state index in [0.717, 1.165) is 13.1 Å². The van der Waals surface area contributed by atoms with Crippen LogP contribution in [0.15, 0.2) is 0 Å². The normalized spacial score (nSPS) is 24.9. The molecule has 1 heterocycles. The topological polar surface area (TPSA) is 44.1 Å². The molecule has 2 atom stereocenters. The third-order valence-corrected chi connectivity index (χ3v) is 2.57. The molecule has 1 fully saturated rings. The summed E-state index contributed by atoms with van der Waals surface area (Å²) in [7, 11) is 0. The van der Waals surface area contributed by atoms with E-state index in [1.54, 1.807) is 4.90 Å². The van der Waals surface area contributed by atoms with Gasteiger partial charge in [-0.3, -0.25) is 4.79 Å². The van der Waals surface area contributed by atoms with Gasteiger partial charge in [0, 0.05) is 13.1 Å². The second-order valence-corrected chi connectivity index (χ2v) is 3.59. The highest BCUT2D eigenvalue weighted by molar-refractivity contribution is 5.78. The summed E-state index contributed by atoms with van der Waals surface area (Å²) < 4.78 is 0. The first kappa shape index (κ1) is 13.0. The number of amides is 1. The highest BCUT2D eigenvalue weighted by atomic mass is 16.2. The third kappa shape index (κ3) is 3.37. The van der Waals surface area contributed by atoms with Gasteiger partial charge in [0.2, 0.25) is 5.91 Å². The molecule has 0 saturated carbocycles. The van der Waals surface area contributed by atoms with Crippen molar-refractivity contribution in [1.29, 1.82) is 5.26 Å². The quantitative estimate of drug-likeness (QED) is 0.644. The van der Waals surface area contributed by atoms with Gasteiger partial charge in [-0.25, -0.2) is 0 Å². The van der Waals surface area contributed by atoms with Crippen molar-refractivity contribution < 1.29 is 4.79 Å². The lowest BCUT2D eigenvalue weighted by Gasteiger charge is -2.13. The Morgan fingerprint density at radius 3 is 2.14 bits per heavy atom. The number of hydrogen-bond donors (Lipinski definition) is 0. The van der Waals surface area contributed by atoms with Crippen LogP contribution in [0.3, 0.4) is 0 Å². The van der Waals surface area contributed by atoms with E-state index in [0.29, 0.717) is 11.8 Å². The predicted molar refractivity (Wildman–Crippen MR) is 56.5 cm³/mol. The molecule has 0 aromatic rings. The van der Waals surface area contributed by atoms with Gasteiger partial charge in [-0.15, -0.1) is 0 Å². The van der Waals surface area contributed by atoms with Crippen LogP contribution in [-0.2, 0) is 4.79 Å². The van der Waals surface area contributed by atoms with E-state index in [9.17, 15) is 4.79 Å². The first-order valence-corrected chi connectivity index (χ1v) is 5.30. The maximum atomic E-state index is 11.2. The Hall–Kier alpha value is -1.04. The minimum Gasteiger partial charge on any atom is -0.341 e. The molecule has 1 aliphatic heterocycles. The summed E-state index contributed by atoms with van der Waals surface area (Å²) in [5.41, 5.74) is 0. The molecule has 0 N–H and O–H groups in total. The van der Waals surface area contributed by atoms with Gasteiger partial charge in [-0.1, -0.05) is 27.7 Å². The minimum absolute atomic E-state index is 0.0197. The van der Waals surface area contributed by atoms with Crippen molar-refractivity contribution in [3.8, 4) is 6.07 Å². The molecule has 0 radical (unpaired) electrons. The summed E-state index contributed by atoms with van der Waals surface area (Å²) in [6, 6.07) is 1.88. The molecule has 14 heavy (non-hydrogen) atoms. The number of hydrogen-bond acceptors (Lipinski definition) is 2. The van der Waals surface area contributed by atoms with Gasteiger partial charge >= 0.3 is 0 Å². The number of nitrogens with zero attached hydrogens (tertiary/aromatic N) is 2. The van der Waals surface area contributed by atoms with Gasteiger partial charge in [-0.05, 0) is 11.8 Å². The molecule has 0 aromatic heterocycles. The Kier molecular flexibility index (Phi) is 5.94. The third-order valence-electron chi connectivity index (χ3n) is 2.57. The molecule has 1 amide bonds. The zero-order valence-electron chi connectivity index (χ0n) is 9.58. The Bertz CT molecular complexity index is 210. The fraction of sp³-hybridized carbons (Fsp3) is 0.818. The van der Waals surface area contributed by atoms with E-state index < -0.39 is 0 Å². The summed E-state index contributed by atoms with van der Waals surface area (Å²) in [6.07, 6.45) is 0.0272. The van der Waals surface area contributed by atoms with Crippen molar-refractivity contribution in [3.05, 3.63) is 0 Å². The van der Waals surface area contributed by atoms with Crippen LogP contribution in [0.25, 0.3) is 0 Å². The SMILES string of the molecule is CC.CC1CN(C(=O)CC#N)CC1C. The van der Waals surface area contributed by atoms with Gasteiger partial charge in [0.1, 0.15) is 6.42 Å². The number of carbonyl (C=O) groups is 1. The molecule has 1 saturated heterocycles. The van der Waals surface area contributed by atoms with E-state index in [-0.39, 0.29) is 12.3 Å². The Morgan fingerprint density at radius 2 is 1.79 bits per heavy atom. The van der Waals surface area contributed by atoms with Crippen molar-refractivity contribution in [2.75, 3.05) is 13.1 Å². The van der Waals surface area contributed by atoms with Crippen molar-refractivity contribution in [2.24, 2.45) is 11.8 Å². The maximum absolute atomic E-state index is 11.2. The van der Waals surface area contributed by atoms with Gasteiger partial charge < -0.3 is 4.90 Å². The Labute approximate surface area is 86.7 Å². The fourth-order valence-corrected chi connectivity index (χ4v) is 1.51. The molecule has 80 valence electrons. The minimum atomic E-state index is -0.0197. The summed E-state index contributed by atoms with van der Waals surface area (Å²) in [4.78, 5) is 13.0. The Morgan fingerprint density at radius 1 is 1.36 bits per heavy atom. The average Bonchev–Trinajstić information content (AvgIpc) is 2.51. The average molecular weight is 196 g/mol. The van der Waals surface area contributed by atoms with Crippen LogP contribution < -0.4 is 0 Å². The van der Waals surface area contributed by atoms with Crippen LogP contribution in [0, 0.1) is 23.2 Å². The lowest BCUT2D eigenvalue weighted by molar-refractivity contribution is -0.129. The van der Waals surface area contributed by atoms with Crippen LogP contribution in [-0.4, -0.2) is 23.9 Å².